The lowest BCUT2D eigenvalue weighted by Crippen LogP contribution is -2.42. The molecule has 1 fully saturated rings. The molecular weight excluding hydrogens is 477 g/mol. The number of aliphatic imine (C=N–C) groups is 1. The van der Waals surface area contributed by atoms with Crippen LogP contribution in [0.1, 0.15) is 64.5 Å². The second-order valence-corrected chi connectivity index (χ2v) is 8.15. The second-order valence-electron chi connectivity index (χ2n) is 8.15. The average molecular weight is 517 g/mol. The fourth-order valence-electron chi connectivity index (χ4n) is 3.18. The molecule has 1 saturated heterocycles. The molecule has 1 unspecified atom stereocenters. The molecule has 0 aromatic heterocycles. The van der Waals surface area contributed by atoms with Gasteiger partial charge in [0.1, 0.15) is 0 Å². The molecule has 1 aromatic rings. The molecule has 5 nitrogen and oxygen atoms in total. The normalized spacial score (nSPS) is 16.4. The molecule has 2 rings (SSSR count). The van der Waals surface area contributed by atoms with Crippen molar-refractivity contribution in [3.63, 3.8) is 0 Å². The molecule has 1 atom stereocenters. The number of hydrogen-bond acceptors (Lipinski definition) is 3. The van der Waals surface area contributed by atoms with Crippen LogP contribution in [0.5, 0.6) is 0 Å². The van der Waals surface area contributed by atoms with E-state index in [1.807, 2.05) is 0 Å². The molecule has 1 aliphatic heterocycles. The van der Waals surface area contributed by atoms with Crippen molar-refractivity contribution in [2.24, 2.45) is 10.9 Å². The Hall–Kier alpha value is -0.860. The van der Waals surface area contributed by atoms with Gasteiger partial charge in [0, 0.05) is 25.8 Å². The van der Waals surface area contributed by atoms with E-state index in [-0.39, 0.29) is 24.0 Å². The van der Waals surface area contributed by atoms with Crippen molar-refractivity contribution in [2.75, 3.05) is 19.8 Å². The fourth-order valence-corrected chi connectivity index (χ4v) is 3.18. The van der Waals surface area contributed by atoms with Crippen molar-refractivity contribution in [3.05, 3.63) is 35.4 Å². The smallest absolute Gasteiger partial charge is 0.191 e. The Morgan fingerprint density at radius 1 is 1.10 bits per heavy atom. The predicted molar refractivity (Wildman–Crippen MR) is 132 cm³/mol. The Kier molecular flexibility index (Phi) is 13.6. The van der Waals surface area contributed by atoms with Crippen LogP contribution in [0.2, 0.25) is 0 Å². The lowest BCUT2D eigenvalue weighted by molar-refractivity contribution is -0.0390. The van der Waals surface area contributed by atoms with Crippen LogP contribution in [0.25, 0.3) is 0 Å². The van der Waals surface area contributed by atoms with Crippen molar-refractivity contribution in [3.8, 4) is 0 Å². The van der Waals surface area contributed by atoms with Crippen molar-refractivity contribution in [1.29, 1.82) is 0 Å². The summed E-state index contributed by atoms with van der Waals surface area (Å²) < 4.78 is 11.4. The van der Waals surface area contributed by atoms with E-state index in [0.717, 1.165) is 50.9 Å². The topological polar surface area (TPSA) is 54.9 Å². The van der Waals surface area contributed by atoms with E-state index in [1.165, 1.54) is 17.5 Å². The van der Waals surface area contributed by atoms with E-state index in [0.29, 0.717) is 25.3 Å². The third kappa shape index (κ3) is 11.2. The van der Waals surface area contributed by atoms with Crippen LogP contribution in [-0.4, -0.2) is 37.9 Å². The lowest BCUT2D eigenvalue weighted by Gasteiger charge is -2.22. The predicted octanol–water partition coefficient (Wildman–Crippen LogP) is 4.88. The average Bonchev–Trinajstić information content (AvgIpc) is 2.70. The third-order valence-corrected chi connectivity index (χ3v) is 5.00. The summed E-state index contributed by atoms with van der Waals surface area (Å²) in [6.07, 6.45) is 4.73. The van der Waals surface area contributed by atoms with Gasteiger partial charge in [-0.3, -0.25) is 0 Å². The first-order valence-electron chi connectivity index (χ1n) is 10.9. The van der Waals surface area contributed by atoms with E-state index in [1.54, 1.807) is 0 Å². The van der Waals surface area contributed by atoms with Crippen LogP contribution in [0.3, 0.4) is 0 Å². The molecule has 1 aliphatic rings. The third-order valence-electron chi connectivity index (χ3n) is 5.00. The number of hydrogen-bond donors (Lipinski definition) is 2. The lowest BCUT2D eigenvalue weighted by atomic mass is 10.0. The Morgan fingerprint density at radius 3 is 2.38 bits per heavy atom. The van der Waals surface area contributed by atoms with Gasteiger partial charge in [0.15, 0.2) is 5.96 Å². The van der Waals surface area contributed by atoms with E-state index in [4.69, 9.17) is 14.5 Å². The van der Waals surface area contributed by atoms with Crippen LogP contribution >= 0.6 is 24.0 Å². The molecule has 0 amide bonds. The van der Waals surface area contributed by atoms with E-state index < -0.39 is 0 Å². The quantitative estimate of drug-likeness (QED) is 0.264. The van der Waals surface area contributed by atoms with Gasteiger partial charge in [-0.15, -0.1) is 24.0 Å². The largest absolute Gasteiger partial charge is 0.381 e. The summed E-state index contributed by atoms with van der Waals surface area (Å²) in [6.45, 7) is 12.7. The number of halogens is 1. The van der Waals surface area contributed by atoms with Crippen LogP contribution in [-0.2, 0) is 22.6 Å². The molecular formula is C23H40IN3O2. The van der Waals surface area contributed by atoms with Crippen molar-refractivity contribution in [1.82, 2.24) is 10.6 Å². The summed E-state index contributed by atoms with van der Waals surface area (Å²) in [7, 11) is 0. The second kappa shape index (κ2) is 15.0. The van der Waals surface area contributed by atoms with Gasteiger partial charge >= 0.3 is 0 Å². The maximum absolute atomic E-state index is 5.99. The summed E-state index contributed by atoms with van der Waals surface area (Å²) >= 11 is 0. The highest BCUT2D eigenvalue weighted by atomic mass is 127. The van der Waals surface area contributed by atoms with Crippen molar-refractivity contribution in [2.45, 2.75) is 78.7 Å². The van der Waals surface area contributed by atoms with Gasteiger partial charge in [-0.25, -0.2) is 4.99 Å². The zero-order valence-corrected chi connectivity index (χ0v) is 20.9. The molecule has 1 aromatic carbocycles. The first-order chi connectivity index (χ1) is 13.6. The molecule has 2 N–H and O–H groups in total. The highest BCUT2D eigenvalue weighted by Gasteiger charge is 2.14. The van der Waals surface area contributed by atoms with Gasteiger partial charge in [0.05, 0.1) is 19.3 Å². The van der Waals surface area contributed by atoms with Crippen LogP contribution < -0.4 is 10.6 Å². The minimum absolute atomic E-state index is 0. The molecule has 0 aliphatic carbocycles. The zero-order chi connectivity index (χ0) is 20.2. The summed E-state index contributed by atoms with van der Waals surface area (Å²) in [5, 5.41) is 6.87. The molecule has 29 heavy (non-hydrogen) atoms. The van der Waals surface area contributed by atoms with Crippen LogP contribution in [0.15, 0.2) is 29.3 Å². The summed E-state index contributed by atoms with van der Waals surface area (Å²) in [5.41, 5.74) is 2.42. The van der Waals surface area contributed by atoms with E-state index in [9.17, 15) is 0 Å². The Labute approximate surface area is 194 Å². The van der Waals surface area contributed by atoms with Gasteiger partial charge in [0.2, 0.25) is 0 Å². The molecule has 166 valence electrons. The molecule has 1 heterocycles. The number of guanidine groups is 1. The number of ether oxygens (including phenoxy) is 2. The molecule has 0 spiro atoms. The maximum atomic E-state index is 5.99. The molecule has 0 radical (unpaired) electrons. The summed E-state index contributed by atoms with van der Waals surface area (Å²) in [6, 6.07) is 9.02. The minimum Gasteiger partial charge on any atom is -0.381 e. The number of nitrogens with zero attached hydrogens (tertiary/aromatic N) is 1. The highest BCUT2D eigenvalue weighted by molar-refractivity contribution is 14.0. The summed E-state index contributed by atoms with van der Waals surface area (Å²) in [4.78, 5) is 4.75. The van der Waals surface area contributed by atoms with E-state index in [2.05, 4.69) is 62.6 Å². The molecule has 0 bridgehead atoms. The van der Waals surface area contributed by atoms with Gasteiger partial charge in [-0.1, -0.05) is 38.1 Å². The standard InChI is InChI=1S/C23H39N3O2.HI/c1-5-24-23(26-19(4)7-6-18(2)3)25-16-20-8-10-21(11-9-20)17-28-22-12-14-27-15-13-22;/h8-11,18-19,22H,5-7,12-17H2,1-4H3,(H2,24,25,26);1H. The Morgan fingerprint density at radius 2 is 1.76 bits per heavy atom. The molecule has 6 heteroatoms. The zero-order valence-electron chi connectivity index (χ0n) is 18.6. The number of benzene rings is 1. The van der Waals surface area contributed by atoms with Gasteiger partial charge in [0.25, 0.3) is 0 Å². The van der Waals surface area contributed by atoms with Crippen molar-refractivity contribution < 1.29 is 9.47 Å². The van der Waals surface area contributed by atoms with E-state index >= 15 is 0 Å². The van der Waals surface area contributed by atoms with Crippen molar-refractivity contribution >= 4 is 29.9 Å². The first kappa shape index (κ1) is 26.2. The Balaban J connectivity index is 0.00000420. The van der Waals surface area contributed by atoms with Gasteiger partial charge in [-0.2, -0.15) is 0 Å². The van der Waals surface area contributed by atoms with Crippen LogP contribution in [0.4, 0.5) is 0 Å². The van der Waals surface area contributed by atoms with Gasteiger partial charge < -0.3 is 20.1 Å². The monoisotopic (exact) mass is 517 g/mol. The van der Waals surface area contributed by atoms with Crippen LogP contribution in [0, 0.1) is 5.92 Å². The minimum atomic E-state index is 0. The number of rotatable bonds is 10. The van der Waals surface area contributed by atoms with Gasteiger partial charge in [-0.05, 0) is 56.6 Å². The summed E-state index contributed by atoms with van der Waals surface area (Å²) in [5.74, 6) is 1.63. The number of nitrogens with one attached hydrogen (secondary N) is 2. The Bertz CT molecular complexity index is 572. The maximum Gasteiger partial charge on any atom is 0.191 e. The fraction of sp³-hybridized carbons (Fsp3) is 0.696. The first-order valence-corrected chi connectivity index (χ1v) is 10.9. The molecule has 0 saturated carbocycles. The highest BCUT2D eigenvalue weighted by Crippen LogP contribution is 2.14. The SMILES string of the molecule is CCNC(=NCc1ccc(COC2CCOCC2)cc1)NC(C)CCC(C)C.I.